The number of allylic oxidation sites excluding steroid dienone is 2. The van der Waals surface area contributed by atoms with Gasteiger partial charge in [-0.2, -0.15) is 0 Å². The van der Waals surface area contributed by atoms with Crippen LogP contribution in [-0.4, -0.2) is 5.78 Å². The van der Waals surface area contributed by atoms with E-state index in [1.54, 1.807) is 0 Å². The Bertz CT molecular complexity index is 313. The molecule has 1 saturated carbocycles. The molecule has 0 aliphatic heterocycles. The Hall–Kier alpha value is -0.590. The first-order valence-corrected chi connectivity index (χ1v) is 6.76. The van der Waals surface area contributed by atoms with Crippen LogP contribution in [-0.2, 0) is 4.79 Å². The van der Waals surface area contributed by atoms with Crippen LogP contribution in [0.2, 0.25) is 0 Å². The third kappa shape index (κ3) is 1.97. The van der Waals surface area contributed by atoms with Gasteiger partial charge in [0.25, 0.3) is 0 Å². The van der Waals surface area contributed by atoms with Gasteiger partial charge in [0, 0.05) is 5.92 Å². The lowest BCUT2D eigenvalue weighted by Gasteiger charge is -2.42. The molecule has 0 bridgehead atoms. The molecule has 2 aliphatic carbocycles. The Morgan fingerprint density at radius 2 is 1.88 bits per heavy atom. The van der Waals surface area contributed by atoms with Crippen molar-refractivity contribution in [3.63, 3.8) is 0 Å². The summed E-state index contributed by atoms with van der Waals surface area (Å²) < 4.78 is 0. The molecule has 0 aromatic rings. The van der Waals surface area contributed by atoms with Crippen LogP contribution in [0.15, 0.2) is 11.6 Å². The quantitative estimate of drug-likeness (QED) is 0.656. The van der Waals surface area contributed by atoms with Gasteiger partial charge in [-0.25, -0.2) is 0 Å². The zero-order valence-electron chi connectivity index (χ0n) is 11.0. The van der Waals surface area contributed by atoms with Crippen LogP contribution in [0.3, 0.4) is 0 Å². The summed E-state index contributed by atoms with van der Waals surface area (Å²) >= 11 is 0. The van der Waals surface area contributed by atoms with Crippen molar-refractivity contribution in [1.82, 2.24) is 0 Å². The van der Waals surface area contributed by atoms with E-state index in [4.69, 9.17) is 0 Å². The monoisotopic (exact) mass is 220 g/mol. The zero-order chi connectivity index (χ0) is 11.9. The number of hydrogen-bond acceptors (Lipinski definition) is 1. The van der Waals surface area contributed by atoms with Crippen molar-refractivity contribution < 1.29 is 4.79 Å². The molecular weight excluding hydrogens is 196 g/mol. The van der Waals surface area contributed by atoms with Crippen molar-refractivity contribution >= 4 is 5.78 Å². The normalized spacial score (nSPS) is 39.6. The highest BCUT2D eigenvalue weighted by Gasteiger charge is 2.38. The van der Waals surface area contributed by atoms with Crippen molar-refractivity contribution in [1.29, 1.82) is 0 Å². The summed E-state index contributed by atoms with van der Waals surface area (Å²) in [6.45, 7) is 9.05. The highest BCUT2D eigenvalue weighted by atomic mass is 16.1. The van der Waals surface area contributed by atoms with Crippen LogP contribution in [0.5, 0.6) is 0 Å². The number of rotatable bonds is 1. The second-order valence-electron chi connectivity index (χ2n) is 6.18. The minimum Gasteiger partial charge on any atom is -0.295 e. The molecule has 0 amide bonds. The van der Waals surface area contributed by atoms with E-state index in [0.29, 0.717) is 17.6 Å². The molecule has 0 aromatic heterocycles. The van der Waals surface area contributed by atoms with Gasteiger partial charge >= 0.3 is 0 Å². The van der Waals surface area contributed by atoms with Crippen LogP contribution in [0, 0.1) is 29.6 Å². The fourth-order valence-corrected chi connectivity index (χ4v) is 3.58. The first kappa shape index (κ1) is 11.9. The lowest BCUT2D eigenvalue weighted by atomic mass is 9.62. The van der Waals surface area contributed by atoms with E-state index >= 15 is 0 Å². The van der Waals surface area contributed by atoms with Crippen molar-refractivity contribution in [3.8, 4) is 0 Å². The predicted octanol–water partition coefficient (Wildman–Crippen LogP) is 3.84. The van der Waals surface area contributed by atoms with E-state index in [9.17, 15) is 4.79 Å². The fraction of sp³-hybridized carbons (Fsp3) is 0.800. The number of hydrogen-bond donors (Lipinski definition) is 0. The Morgan fingerprint density at radius 1 is 1.19 bits per heavy atom. The lowest BCUT2D eigenvalue weighted by Crippen LogP contribution is -2.35. The fourth-order valence-electron chi connectivity index (χ4n) is 3.58. The summed E-state index contributed by atoms with van der Waals surface area (Å²) in [6, 6.07) is 0. The molecule has 2 aliphatic rings. The molecule has 0 heterocycles. The molecule has 0 spiro atoms. The van der Waals surface area contributed by atoms with Gasteiger partial charge in [0.2, 0.25) is 0 Å². The first-order valence-electron chi connectivity index (χ1n) is 6.76. The summed E-state index contributed by atoms with van der Waals surface area (Å²) in [7, 11) is 0. The predicted molar refractivity (Wildman–Crippen MR) is 67.1 cm³/mol. The van der Waals surface area contributed by atoms with Gasteiger partial charge in [-0.1, -0.05) is 33.3 Å². The first-order chi connectivity index (χ1) is 7.50. The third-order valence-electron chi connectivity index (χ3n) is 4.71. The standard InChI is InChI=1S/C15H24O/c1-9(2)12-6-5-10(3)13-8-15(16)11(4)7-14(12)13/h8-12,14H,5-7H2,1-4H3. The highest BCUT2D eigenvalue weighted by molar-refractivity contribution is 5.93. The van der Waals surface area contributed by atoms with Crippen LogP contribution in [0.4, 0.5) is 0 Å². The lowest BCUT2D eigenvalue weighted by molar-refractivity contribution is -0.119. The molecule has 1 heteroatoms. The Balaban J connectivity index is 2.29. The molecule has 1 fully saturated rings. The van der Waals surface area contributed by atoms with Gasteiger partial charge in [0.05, 0.1) is 0 Å². The molecular formula is C15H24O. The molecule has 0 radical (unpaired) electrons. The molecule has 0 N–H and O–H groups in total. The van der Waals surface area contributed by atoms with E-state index in [1.165, 1.54) is 18.4 Å². The summed E-state index contributed by atoms with van der Waals surface area (Å²) in [5.74, 6) is 3.50. The van der Waals surface area contributed by atoms with Gasteiger partial charge in [0.1, 0.15) is 0 Å². The number of carbonyl (C=O) groups is 1. The van der Waals surface area contributed by atoms with Crippen LogP contribution in [0.1, 0.15) is 47.0 Å². The molecule has 4 unspecified atom stereocenters. The number of ketones is 1. The van der Waals surface area contributed by atoms with E-state index in [2.05, 4.69) is 27.7 Å². The van der Waals surface area contributed by atoms with Crippen LogP contribution < -0.4 is 0 Å². The largest absolute Gasteiger partial charge is 0.295 e. The second-order valence-corrected chi connectivity index (χ2v) is 6.18. The Labute approximate surface area is 99.3 Å². The molecule has 0 aromatic carbocycles. The third-order valence-corrected chi connectivity index (χ3v) is 4.71. The number of carbonyl (C=O) groups excluding carboxylic acids is 1. The smallest absolute Gasteiger partial charge is 0.158 e. The summed E-state index contributed by atoms with van der Waals surface area (Å²) in [6.07, 6.45) is 5.70. The molecule has 16 heavy (non-hydrogen) atoms. The van der Waals surface area contributed by atoms with Crippen molar-refractivity contribution in [2.75, 3.05) is 0 Å². The number of fused-ring (bicyclic) bond motifs is 1. The molecule has 1 nitrogen and oxygen atoms in total. The van der Waals surface area contributed by atoms with E-state index in [-0.39, 0.29) is 5.92 Å². The summed E-state index contributed by atoms with van der Waals surface area (Å²) in [5, 5.41) is 0. The summed E-state index contributed by atoms with van der Waals surface area (Å²) in [4.78, 5) is 11.8. The maximum absolute atomic E-state index is 11.8. The van der Waals surface area contributed by atoms with E-state index in [0.717, 1.165) is 18.3 Å². The minimum absolute atomic E-state index is 0.250. The van der Waals surface area contributed by atoms with Gasteiger partial charge < -0.3 is 0 Å². The SMILES string of the molecule is CC1CC2C(=CC1=O)C(C)CCC2C(C)C. The summed E-state index contributed by atoms with van der Waals surface area (Å²) in [5.41, 5.74) is 1.47. The Morgan fingerprint density at radius 3 is 2.50 bits per heavy atom. The maximum atomic E-state index is 11.8. The maximum Gasteiger partial charge on any atom is 0.158 e. The average molecular weight is 220 g/mol. The molecule has 0 saturated heterocycles. The Kier molecular flexibility index (Phi) is 3.23. The molecule has 90 valence electrons. The van der Waals surface area contributed by atoms with Crippen molar-refractivity contribution in [2.45, 2.75) is 47.0 Å². The van der Waals surface area contributed by atoms with Crippen molar-refractivity contribution in [2.24, 2.45) is 29.6 Å². The van der Waals surface area contributed by atoms with Crippen LogP contribution in [0.25, 0.3) is 0 Å². The highest BCUT2D eigenvalue weighted by Crippen LogP contribution is 2.46. The van der Waals surface area contributed by atoms with Gasteiger partial charge in [-0.05, 0) is 49.0 Å². The van der Waals surface area contributed by atoms with Gasteiger partial charge in [-0.3, -0.25) is 4.79 Å². The van der Waals surface area contributed by atoms with E-state index in [1.807, 2.05) is 6.08 Å². The van der Waals surface area contributed by atoms with Gasteiger partial charge in [0.15, 0.2) is 5.78 Å². The van der Waals surface area contributed by atoms with Crippen LogP contribution >= 0.6 is 0 Å². The second kappa shape index (κ2) is 4.35. The molecule has 2 rings (SSSR count). The zero-order valence-corrected chi connectivity index (χ0v) is 11.0. The van der Waals surface area contributed by atoms with E-state index < -0.39 is 0 Å². The van der Waals surface area contributed by atoms with Gasteiger partial charge in [-0.15, -0.1) is 0 Å². The topological polar surface area (TPSA) is 17.1 Å². The average Bonchev–Trinajstić information content (AvgIpc) is 2.21. The minimum atomic E-state index is 0.250. The van der Waals surface area contributed by atoms with Crippen molar-refractivity contribution in [3.05, 3.63) is 11.6 Å². The molecule has 4 atom stereocenters.